The third-order valence-corrected chi connectivity index (χ3v) is 4.38. The molecule has 0 fully saturated rings. The summed E-state index contributed by atoms with van der Waals surface area (Å²) < 4.78 is 5.92. The van der Waals surface area contributed by atoms with Gasteiger partial charge in [0.15, 0.2) is 0 Å². The van der Waals surface area contributed by atoms with Gasteiger partial charge in [0, 0.05) is 24.6 Å². The summed E-state index contributed by atoms with van der Waals surface area (Å²) in [6.45, 7) is 5.43. The Morgan fingerprint density at radius 1 is 1.41 bits per heavy atom. The molecule has 1 aliphatic carbocycles. The zero-order valence-corrected chi connectivity index (χ0v) is 16.8. The number of carbonyl (C=O) groups is 2. The van der Waals surface area contributed by atoms with Gasteiger partial charge in [-0.2, -0.15) is 0 Å². The summed E-state index contributed by atoms with van der Waals surface area (Å²) in [5.74, 6) is -1.30. The summed E-state index contributed by atoms with van der Waals surface area (Å²) in [6.07, 6.45) is 4.36. The van der Waals surface area contributed by atoms with Crippen LogP contribution in [0.4, 0.5) is 5.82 Å². The molecule has 0 bridgehead atoms. The van der Waals surface area contributed by atoms with Crippen LogP contribution < -0.4 is 11.1 Å². The van der Waals surface area contributed by atoms with Crippen molar-refractivity contribution >= 4 is 17.7 Å². The van der Waals surface area contributed by atoms with Crippen molar-refractivity contribution in [3.8, 4) is 0 Å². The van der Waals surface area contributed by atoms with Gasteiger partial charge in [0.05, 0.1) is 18.2 Å². The summed E-state index contributed by atoms with van der Waals surface area (Å²) >= 11 is 0. The number of aromatic nitrogens is 1. The van der Waals surface area contributed by atoms with E-state index in [1.54, 1.807) is 18.2 Å². The number of carbonyl (C=O) groups excluding carboxylic acids is 1. The average molecular weight is 408 g/mol. The number of rotatable bonds is 7. The number of hydrogen-bond acceptors (Lipinski definition) is 7. The van der Waals surface area contributed by atoms with Crippen LogP contribution in [0.5, 0.6) is 0 Å². The molecule has 3 atom stereocenters. The molecular formula is C19H28N4O6. The monoisotopic (exact) mass is 408 g/mol. The number of ether oxygens (including phenoxy) is 1. The van der Waals surface area contributed by atoms with E-state index in [0.29, 0.717) is 0 Å². The normalized spacial score (nSPS) is 20.9. The Hall–Kier alpha value is -2.85. The van der Waals surface area contributed by atoms with Crippen LogP contribution in [0.25, 0.3) is 0 Å². The van der Waals surface area contributed by atoms with Gasteiger partial charge < -0.3 is 31.0 Å². The molecule has 1 aliphatic rings. The minimum Gasteiger partial charge on any atom is -0.478 e. The van der Waals surface area contributed by atoms with E-state index in [9.17, 15) is 19.7 Å². The maximum atomic E-state index is 11.3. The van der Waals surface area contributed by atoms with Crippen LogP contribution in [-0.4, -0.2) is 51.2 Å². The molecule has 0 aliphatic heterocycles. The first-order valence-corrected chi connectivity index (χ1v) is 9.37. The van der Waals surface area contributed by atoms with Crippen LogP contribution in [-0.2, 0) is 14.3 Å². The lowest BCUT2D eigenvalue weighted by molar-refractivity contribution is -0.389. The molecule has 1 aromatic heterocycles. The molecule has 1 heterocycles. The molecule has 0 radical (unpaired) electrons. The van der Waals surface area contributed by atoms with Crippen molar-refractivity contribution in [3.63, 3.8) is 0 Å². The number of nitrogens with two attached hydrogens (primary N) is 1. The Bertz CT molecular complexity index is 721. The van der Waals surface area contributed by atoms with E-state index in [1.165, 1.54) is 19.2 Å². The van der Waals surface area contributed by atoms with Gasteiger partial charge in [0.1, 0.15) is 6.20 Å². The largest absolute Gasteiger partial charge is 0.478 e. The van der Waals surface area contributed by atoms with Crippen molar-refractivity contribution in [1.29, 1.82) is 0 Å². The van der Waals surface area contributed by atoms with Crippen molar-refractivity contribution in [1.82, 2.24) is 10.3 Å². The Kier molecular flexibility index (Phi) is 9.90. The van der Waals surface area contributed by atoms with Crippen LogP contribution >= 0.6 is 0 Å². The number of nitrogens with one attached hydrogen (secondary N) is 1. The molecule has 4 N–H and O–H groups in total. The molecule has 1 amide bonds. The van der Waals surface area contributed by atoms with E-state index in [0.717, 1.165) is 12.8 Å². The molecule has 29 heavy (non-hydrogen) atoms. The van der Waals surface area contributed by atoms with Gasteiger partial charge in [-0.05, 0) is 41.3 Å². The Morgan fingerprint density at radius 2 is 2.07 bits per heavy atom. The molecule has 10 heteroatoms. The van der Waals surface area contributed by atoms with E-state index < -0.39 is 29.1 Å². The predicted octanol–water partition coefficient (Wildman–Crippen LogP) is 1.80. The fourth-order valence-corrected chi connectivity index (χ4v) is 2.87. The van der Waals surface area contributed by atoms with Gasteiger partial charge in [-0.15, -0.1) is 0 Å². The van der Waals surface area contributed by atoms with Gasteiger partial charge in [-0.1, -0.05) is 19.9 Å². The first kappa shape index (κ1) is 24.2. The standard InChI is InChI=1S/C14H24N2O4.C5H4N2O2/c1-4-10(5-2)20-12-7-9(14(18)19)6-11(15)13(12)16-8(3)17;8-7(9)5-3-1-2-4-6-5/h7,10-13H,4-6,15H2,1-3H3,(H,16,17)(H,18,19);1-4H. The lowest BCUT2D eigenvalue weighted by atomic mass is 9.88. The second kappa shape index (κ2) is 11.9. The van der Waals surface area contributed by atoms with E-state index in [1.807, 2.05) is 13.8 Å². The summed E-state index contributed by atoms with van der Waals surface area (Å²) in [7, 11) is 0. The maximum Gasteiger partial charge on any atom is 0.363 e. The number of carboxylic acid groups (broad SMARTS) is 1. The van der Waals surface area contributed by atoms with Crippen molar-refractivity contribution in [2.75, 3.05) is 0 Å². The Labute approximate surface area is 169 Å². The van der Waals surface area contributed by atoms with Gasteiger partial charge >= 0.3 is 11.8 Å². The molecule has 0 saturated heterocycles. The second-order valence-corrected chi connectivity index (χ2v) is 6.58. The molecule has 3 unspecified atom stereocenters. The molecule has 160 valence electrons. The summed E-state index contributed by atoms with van der Waals surface area (Å²) in [6, 6.07) is 3.70. The van der Waals surface area contributed by atoms with Gasteiger partial charge in [-0.3, -0.25) is 4.79 Å². The van der Waals surface area contributed by atoms with Gasteiger partial charge in [-0.25, -0.2) is 4.79 Å². The predicted molar refractivity (Wildman–Crippen MR) is 106 cm³/mol. The van der Waals surface area contributed by atoms with Crippen LogP contribution in [0, 0.1) is 10.1 Å². The summed E-state index contributed by atoms with van der Waals surface area (Å²) in [4.78, 5) is 35.3. The average Bonchev–Trinajstić information content (AvgIpc) is 2.69. The van der Waals surface area contributed by atoms with Gasteiger partial charge in [0.2, 0.25) is 5.91 Å². The van der Waals surface area contributed by atoms with Crippen LogP contribution in [0.3, 0.4) is 0 Å². The van der Waals surface area contributed by atoms with E-state index in [-0.39, 0.29) is 29.8 Å². The molecule has 10 nitrogen and oxygen atoms in total. The highest BCUT2D eigenvalue weighted by molar-refractivity contribution is 5.87. The zero-order chi connectivity index (χ0) is 22.0. The summed E-state index contributed by atoms with van der Waals surface area (Å²) in [5, 5.41) is 21.8. The fourth-order valence-electron chi connectivity index (χ4n) is 2.87. The topological polar surface area (TPSA) is 158 Å². The molecule has 0 saturated carbocycles. The van der Waals surface area contributed by atoms with Crippen LogP contribution in [0.2, 0.25) is 0 Å². The molecule has 1 aromatic rings. The zero-order valence-electron chi connectivity index (χ0n) is 16.8. The number of aliphatic carboxylic acids is 1. The number of nitrogens with zero attached hydrogens (tertiary/aromatic N) is 2. The molecular weight excluding hydrogens is 380 g/mol. The number of pyridine rings is 1. The van der Waals surface area contributed by atoms with Crippen molar-refractivity contribution in [2.45, 2.75) is 64.3 Å². The lowest BCUT2D eigenvalue weighted by Gasteiger charge is -2.36. The highest BCUT2D eigenvalue weighted by atomic mass is 16.6. The number of amides is 1. The second-order valence-electron chi connectivity index (χ2n) is 6.58. The smallest absolute Gasteiger partial charge is 0.363 e. The SMILES string of the molecule is CCC(CC)OC1C=C(C(=O)O)CC(N)C1NC(C)=O.O=[N+]([O-])c1ccccn1. The van der Waals surface area contributed by atoms with Crippen LogP contribution in [0.1, 0.15) is 40.0 Å². The quantitative estimate of drug-likeness (QED) is 0.455. The summed E-state index contributed by atoms with van der Waals surface area (Å²) in [5.41, 5.74) is 6.25. The highest BCUT2D eigenvalue weighted by Crippen LogP contribution is 2.23. The molecule has 0 aromatic carbocycles. The number of hydrogen-bond donors (Lipinski definition) is 3. The lowest BCUT2D eigenvalue weighted by Crippen LogP contribution is -2.57. The third-order valence-electron chi connectivity index (χ3n) is 4.38. The first-order valence-electron chi connectivity index (χ1n) is 9.37. The van der Waals surface area contributed by atoms with Crippen LogP contribution in [0.15, 0.2) is 36.0 Å². The maximum absolute atomic E-state index is 11.3. The fraction of sp³-hybridized carbons (Fsp3) is 0.526. The Balaban J connectivity index is 0.000000387. The highest BCUT2D eigenvalue weighted by Gasteiger charge is 2.35. The molecule has 0 spiro atoms. The van der Waals surface area contributed by atoms with Crippen molar-refractivity contribution in [3.05, 3.63) is 46.2 Å². The van der Waals surface area contributed by atoms with Gasteiger partial charge in [0.25, 0.3) is 0 Å². The molecule has 2 rings (SSSR count). The van der Waals surface area contributed by atoms with Crippen molar-refractivity contribution < 1.29 is 24.4 Å². The first-order chi connectivity index (χ1) is 13.7. The Morgan fingerprint density at radius 3 is 2.48 bits per heavy atom. The minimum atomic E-state index is -0.986. The van der Waals surface area contributed by atoms with E-state index in [2.05, 4.69) is 10.3 Å². The third kappa shape index (κ3) is 7.96. The number of nitro groups is 1. The number of carboxylic acids is 1. The van der Waals surface area contributed by atoms with Crippen molar-refractivity contribution in [2.24, 2.45) is 5.73 Å². The minimum absolute atomic E-state index is 0.0212. The van der Waals surface area contributed by atoms with E-state index in [4.69, 9.17) is 15.6 Å². The van der Waals surface area contributed by atoms with E-state index >= 15 is 0 Å².